The molecule has 0 aliphatic heterocycles. The van der Waals surface area contributed by atoms with Crippen LogP contribution in [-0.4, -0.2) is 23.4 Å². The van der Waals surface area contributed by atoms with E-state index in [1.165, 1.54) is 12.8 Å². The number of hydrogen-bond acceptors (Lipinski definition) is 2. The second kappa shape index (κ2) is 9.47. The molecule has 0 aliphatic rings. The second-order valence-electron chi connectivity index (χ2n) is 4.21. The molecule has 0 radical (unpaired) electrons. The van der Waals surface area contributed by atoms with Crippen LogP contribution in [0.2, 0.25) is 0 Å². The van der Waals surface area contributed by atoms with Gasteiger partial charge in [0.2, 0.25) is 0 Å². The Morgan fingerprint density at radius 2 is 1.71 bits per heavy atom. The number of rotatable bonds is 9. The van der Waals surface area contributed by atoms with Crippen LogP contribution in [0.5, 0.6) is 0 Å². The predicted molar refractivity (Wildman–Crippen MR) is 60.2 cm³/mol. The Labute approximate surface area is 88.3 Å². The first-order valence-corrected chi connectivity index (χ1v) is 6.00. The van der Waals surface area contributed by atoms with E-state index in [4.69, 9.17) is 5.11 Å². The summed E-state index contributed by atoms with van der Waals surface area (Å²) in [6.07, 6.45) is 6.62. The Kier molecular flexibility index (Phi) is 9.42. The lowest BCUT2D eigenvalue weighted by Crippen LogP contribution is -2.13. The van der Waals surface area contributed by atoms with Crippen LogP contribution < -0.4 is 0 Å². The molecule has 0 aromatic carbocycles. The van der Waals surface area contributed by atoms with Crippen molar-refractivity contribution in [2.75, 3.05) is 13.2 Å². The minimum absolute atomic E-state index is 0.282. The average Bonchev–Trinajstić information content (AvgIpc) is 2.22. The van der Waals surface area contributed by atoms with Gasteiger partial charge >= 0.3 is 0 Å². The maximum absolute atomic E-state index is 9.20. The van der Waals surface area contributed by atoms with Gasteiger partial charge in [0.15, 0.2) is 0 Å². The molecule has 0 aliphatic carbocycles. The zero-order chi connectivity index (χ0) is 10.8. The van der Waals surface area contributed by atoms with Crippen molar-refractivity contribution in [2.45, 2.75) is 52.4 Å². The summed E-state index contributed by atoms with van der Waals surface area (Å²) in [6.45, 7) is 4.93. The molecular weight excluding hydrogens is 176 g/mol. The largest absolute Gasteiger partial charge is 0.396 e. The van der Waals surface area contributed by atoms with Gasteiger partial charge in [-0.15, -0.1) is 0 Å². The van der Waals surface area contributed by atoms with Gasteiger partial charge in [-0.25, -0.2) is 0 Å². The maximum Gasteiger partial charge on any atom is 0.0459 e. The van der Waals surface area contributed by atoms with Gasteiger partial charge in [0.25, 0.3) is 0 Å². The topological polar surface area (TPSA) is 40.5 Å². The molecule has 0 amide bonds. The third-order valence-corrected chi connectivity index (χ3v) is 3.01. The summed E-state index contributed by atoms with van der Waals surface area (Å²) >= 11 is 0. The van der Waals surface area contributed by atoms with E-state index in [0.717, 1.165) is 25.7 Å². The summed E-state index contributed by atoms with van der Waals surface area (Å²) in [5, 5.41) is 18.1. The molecule has 0 spiro atoms. The van der Waals surface area contributed by atoms with Gasteiger partial charge in [-0.1, -0.05) is 33.1 Å². The minimum atomic E-state index is 0.282. The zero-order valence-electron chi connectivity index (χ0n) is 9.71. The van der Waals surface area contributed by atoms with Gasteiger partial charge in [0.05, 0.1) is 0 Å². The molecular formula is C12H26O2. The average molecular weight is 202 g/mol. The smallest absolute Gasteiger partial charge is 0.0459 e. The first kappa shape index (κ1) is 13.9. The quantitative estimate of drug-likeness (QED) is 0.603. The highest BCUT2D eigenvalue weighted by atomic mass is 16.3. The van der Waals surface area contributed by atoms with Crippen LogP contribution in [0.25, 0.3) is 0 Å². The van der Waals surface area contributed by atoms with Gasteiger partial charge in [-0.3, -0.25) is 0 Å². The van der Waals surface area contributed by atoms with Crippen LogP contribution in [0.15, 0.2) is 0 Å². The fourth-order valence-corrected chi connectivity index (χ4v) is 1.92. The normalized spacial score (nSPS) is 15.4. The Morgan fingerprint density at radius 1 is 1.00 bits per heavy atom. The lowest BCUT2D eigenvalue weighted by molar-refractivity contribution is 0.172. The lowest BCUT2D eigenvalue weighted by Gasteiger charge is -2.20. The standard InChI is InChI=1S/C12H26O2/c1-3-5-6-12(10-14)9-11(4-2)7-8-13/h11-14H,3-10H2,1-2H3. The lowest BCUT2D eigenvalue weighted by atomic mass is 9.88. The maximum atomic E-state index is 9.20. The number of hydrogen-bond donors (Lipinski definition) is 2. The summed E-state index contributed by atoms with van der Waals surface area (Å²) in [5.74, 6) is 1.04. The molecule has 0 fully saturated rings. The van der Waals surface area contributed by atoms with Crippen molar-refractivity contribution in [1.82, 2.24) is 0 Å². The van der Waals surface area contributed by atoms with Crippen LogP contribution in [0.3, 0.4) is 0 Å². The Morgan fingerprint density at radius 3 is 2.14 bits per heavy atom. The van der Waals surface area contributed by atoms with Crippen molar-refractivity contribution in [3.05, 3.63) is 0 Å². The van der Waals surface area contributed by atoms with Crippen molar-refractivity contribution in [3.8, 4) is 0 Å². The molecule has 0 aromatic rings. The number of aliphatic hydroxyl groups is 2. The highest BCUT2D eigenvalue weighted by Gasteiger charge is 2.13. The molecule has 0 rings (SSSR count). The molecule has 86 valence electrons. The van der Waals surface area contributed by atoms with Gasteiger partial charge in [-0.05, 0) is 31.1 Å². The van der Waals surface area contributed by atoms with Crippen molar-refractivity contribution < 1.29 is 10.2 Å². The molecule has 14 heavy (non-hydrogen) atoms. The van der Waals surface area contributed by atoms with E-state index >= 15 is 0 Å². The van der Waals surface area contributed by atoms with E-state index in [1.807, 2.05) is 0 Å². The Bertz CT molecular complexity index is 115. The van der Waals surface area contributed by atoms with Gasteiger partial charge in [0.1, 0.15) is 0 Å². The van der Waals surface area contributed by atoms with Crippen LogP contribution >= 0.6 is 0 Å². The van der Waals surface area contributed by atoms with Crippen LogP contribution in [0, 0.1) is 11.8 Å². The summed E-state index contributed by atoms with van der Waals surface area (Å²) in [4.78, 5) is 0. The summed E-state index contributed by atoms with van der Waals surface area (Å²) in [5.41, 5.74) is 0. The third kappa shape index (κ3) is 6.39. The molecule has 0 heterocycles. The van der Waals surface area contributed by atoms with E-state index in [0.29, 0.717) is 18.4 Å². The van der Waals surface area contributed by atoms with Crippen molar-refractivity contribution in [1.29, 1.82) is 0 Å². The molecule has 2 N–H and O–H groups in total. The second-order valence-corrected chi connectivity index (χ2v) is 4.21. The van der Waals surface area contributed by atoms with Crippen LogP contribution in [0.1, 0.15) is 52.4 Å². The van der Waals surface area contributed by atoms with Gasteiger partial charge in [0, 0.05) is 13.2 Å². The summed E-state index contributed by atoms with van der Waals surface area (Å²) in [7, 11) is 0. The summed E-state index contributed by atoms with van der Waals surface area (Å²) in [6, 6.07) is 0. The van der Waals surface area contributed by atoms with E-state index in [2.05, 4.69) is 13.8 Å². The van der Waals surface area contributed by atoms with Crippen LogP contribution in [-0.2, 0) is 0 Å². The molecule has 2 heteroatoms. The van der Waals surface area contributed by atoms with Crippen molar-refractivity contribution >= 4 is 0 Å². The molecule has 0 saturated heterocycles. The minimum Gasteiger partial charge on any atom is -0.396 e. The Hall–Kier alpha value is -0.0800. The zero-order valence-corrected chi connectivity index (χ0v) is 9.71. The fourth-order valence-electron chi connectivity index (χ4n) is 1.92. The number of aliphatic hydroxyl groups excluding tert-OH is 2. The van der Waals surface area contributed by atoms with Gasteiger partial charge in [-0.2, -0.15) is 0 Å². The Balaban J connectivity index is 3.75. The molecule has 2 atom stereocenters. The first-order valence-electron chi connectivity index (χ1n) is 6.00. The summed E-state index contributed by atoms with van der Waals surface area (Å²) < 4.78 is 0. The van der Waals surface area contributed by atoms with Crippen molar-refractivity contribution in [2.24, 2.45) is 11.8 Å². The first-order chi connectivity index (χ1) is 6.78. The van der Waals surface area contributed by atoms with Crippen molar-refractivity contribution in [3.63, 3.8) is 0 Å². The number of unbranched alkanes of at least 4 members (excludes halogenated alkanes) is 1. The van der Waals surface area contributed by atoms with E-state index in [9.17, 15) is 5.11 Å². The van der Waals surface area contributed by atoms with E-state index in [-0.39, 0.29) is 6.61 Å². The SMILES string of the molecule is CCCCC(CO)CC(CC)CCO. The van der Waals surface area contributed by atoms with E-state index < -0.39 is 0 Å². The highest BCUT2D eigenvalue weighted by Crippen LogP contribution is 2.22. The molecule has 0 saturated carbocycles. The monoisotopic (exact) mass is 202 g/mol. The van der Waals surface area contributed by atoms with Gasteiger partial charge < -0.3 is 10.2 Å². The highest BCUT2D eigenvalue weighted by molar-refractivity contribution is 4.65. The van der Waals surface area contributed by atoms with Crippen LogP contribution in [0.4, 0.5) is 0 Å². The molecule has 0 aromatic heterocycles. The third-order valence-electron chi connectivity index (χ3n) is 3.01. The molecule has 2 nitrogen and oxygen atoms in total. The fraction of sp³-hybridized carbons (Fsp3) is 1.00. The van der Waals surface area contributed by atoms with E-state index in [1.54, 1.807) is 0 Å². The predicted octanol–water partition coefficient (Wildman–Crippen LogP) is 2.58. The molecule has 2 unspecified atom stereocenters. The molecule has 0 bridgehead atoms.